The van der Waals surface area contributed by atoms with Gasteiger partial charge in [0.1, 0.15) is 0 Å². The smallest absolute Gasteiger partial charge is 0.319 e. The van der Waals surface area contributed by atoms with E-state index in [2.05, 4.69) is 20.5 Å². The van der Waals surface area contributed by atoms with Crippen molar-refractivity contribution in [3.8, 4) is 5.69 Å². The Balaban J connectivity index is 1.20. The molecule has 0 bridgehead atoms. The number of nitrogens with zero attached hydrogens (tertiary/aromatic N) is 3. The van der Waals surface area contributed by atoms with Crippen LogP contribution >= 0.6 is 0 Å². The number of carbonyl (C=O) groups is 1. The topological polar surface area (TPSA) is 71.4 Å². The van der Waals surface area contributed by atoms with Crippen LogP contribution in [-0.2, 0) is 4.74 Å². The van der Waals surface area contributed by atoms with E-state index in [1.165, 1.54) is 12.8 Å². The number of urea groups is 1. The Labute approximate surface area is 159 Å². The summed E-state index contributed by atoms with van der Waals surface area (Å²) in [6.45, 7) is 3.98. The molecule has 0 spiro atoms. The van der Waals surface area contributed by atoms with Gasteiger partial charge in [-0.15, -0.1) is 0 Å². The molecule has 2 aliphatic rings. The van der Waals surface area contributed by atoms with Crippen molar-refractivity contribution in [2.75, 3.05) is 31.6 Å². The Morgan fingerprint density at radius 3 is 2.67 bits per heavy atom. The quantitative estimate of drug-likeness (QED) is 0.850. The van der Waals surface area contributed by atoms with Crippen LogP contribution < -0.4 is 10.6 Å². The number of aromatic nitrogens is 2. The summed E-state index contributed by atoms with van der Waals surface area (Å²) in [5.74, 6) is 0. The number of benzene rings is 1. The Kier molecular flexibility index (Phi) is 5.69. The van der Waals surface area contributed by atoms with Gasteiger partial charge in [0.2, 0.25) is 0 Å². The number of carbonyl (C=O) groups excluding carboxylic acids is 1. The summed E-state index contributed by atoms with van der Waals surface area (Å²) in [4.78, 5) is 18.8. The molecule has 0 aliphatic carbocycles. The molecule has 4 rings (SSSR count). The number of ether oxygens (including phenoxy) is 1. The normalized spacial score (nSPS) is 21.3. The maximum absolute atomic E-state index is 12.3. The first-order valence-corrected chi connectivity index (χ1v) is 9.76. The summed E-state index contributed by atoms with van der Waals surface area (Å²) < 4.78 is 7.64. The molecule has 0 radical (unpaired) electrons. The average molecular weight is 369 g/mol. The number of imidazole rings is 1. The van der Waals surface area contributed by atoms with Gasteiger partial charge in [-0.3, -0.25) is 0 Å². The van der Waals surface area contributed by atoms with Gasteiger partial charge >= 0.3 is 6.03 Å². The van der Waals surface area contributed by atoms with Gasteiger partial charge in [-0.25, -0.2) is 9.78 Å². The Hall–Kier alpha value is -2.38. The van der Waals surface area contributed by atoms with E-state index in [4.69, 9.17) is 4.74 Å². The maximum atomic E-state index is 12.3. The molecule has 1 atom stereocenters. The number of amides is 2. The highest BCUT2D eigenvalue weighted by Gasteiger charge is 2.24. The standard InChI is InChI=1S/C20H27N5O2/c26-20(22-16-3-5-18(6-4-16)25-12-9-21-15-25)23-17-7-10-24(11-8-17)14-19-2-1-13-27-19/h3-6,9,12,15,17,19H,1-2,7-8,10-11,13-14H2,(H2,22,23,26)/t19-/m0/s1. The van der Waals surface area contributed by atoms with E-state index in [0.717, 1.165) is 50.5 Å². The maximum Gasteiger partial charge on any atom is 0.319 e. The summed E-state index contributed by atoms with van der Waals surface area (Å²) in [6.07, 6.45) is 10.1. The van der Waals surface area contributed by atoms with Crippen molar-refractivity contribution >= 4 is 11.7 Å². The Morgan fingerprint density at radius 2 is 2.00 bits per heavy atom. The molecule has 2 amide bonds. The summed E-state index contributed by atoms with van der Waals surface area (Å²) >= 11 is 0. The van der Waals surface area contributed by atoms with E-state index in [1.807, 2.05) is 35.0 Å². The molecule has 7 nitrogen and oxygen atoms in total. The number of rotatable bonds is 5. The first-order valence-electron chi connectivity index (χ1n) is 9.76. The zero-order valence-electron chi connectivity index (χ0n) is 15.5. The van der Waals surface area contributed by atoms with Crippen LogP contribution in [-0.4, -0.2) is 58.9 Å². The molecule has 2 aliphatic heterocycles. The van der Waals surface area contributed by atoms with Gasteiger partial charge in [0.05, 0.1) is 12.4 Å². The van der Waals surface area contributed by atoms with Crippen molar-refractivity contribution in [2.24, 2.45) is 0 Å². The molecule has 3 heterocycles. The number of piperidine rings is 1. The van der Waals surface area contributed by atoms with E-state index in [-0.39, 0.29) is 12.1 Å². The molecule has 2 N–H and O–H groups in total. The molecule has 0 unspecified atom stereocenters. The van der Waals surface area contributed by atoms with Gasteiger partial charge < -0.3 is 24.8 Å². The van der Waals surface area contributed by atoms with Crippen molar-refractivity contribution in [2.45, 2.75) is 37.8 Å². The monoisotopic (exact) mass is 369 g/mol. The molecular formula is C20H27N5O2. The highest BCUT2D eigenvalue weighted by Crippen LogP contribution is 2.17. The van der Waals surface area contributed by atoms with Crippen LogP contribution in [0.15, 0.2) is 43.0 Å². The molecule has 0 saturated carbocycles. The fourth-order valence-corrected chi connectivity index (χ4v) is 3.82. The highest BCUT2D eigenvalue weighted by molar-refractivity contribution is 5.89. The Bertz CT molecular complexity index is 717. The van der Waals surface area contributed by atoms with E-state index in [0.29, 0.717) is 6.10 Å². The lowest BCUT2D eigenvalue weighted by atomic mass is 10.0. The summed E-state index contributed by atoms with van der Waals surface area (Å²) in [5, 5.41) is 6.02. The summed E-state index contributed by atoms with van der Waals surface area (Å²) in [5.41, 5.74) is 1.80. The van der Waals surface area contributed by atoms with E-state index in [9.17, 15) is 4.79 Å². The van der Waals surface area contributed by atoms with Crippen LogP contribution in [0.2, 0.25) is 0 Å². The zero-order valence-corrected chi connectivity index (χ0v) is 15.5. The summed E-state index contributed by atoms with van der Waals surface area (Å²) in [7, 11) is 0. The van der Waals surface area contributed by atoms with Gasteiger partial charge in [-0.05, 0) is 49.9 Å². The lowest BCUT2D eigenvalue weighted by Gasteiger charge is -2.33. The third-order valence-electron chi connectivity index (χ3n) is 5.34. The average Bonchev–Trinajstić information content (AvgIpc) is 3.38. The van der Waals surface area contributed by atoms with Crippen LogP contribution in [0.5, 0.6) is 0 Å². The number of nitrogens with one attached hydrogen (secondary N) is 2. The number of anilines is 1. The minimum absolute atomic E-state index is 0.136. The minimum Gasteiger partial charge on any atom is -0.377 e. The second-order valence-electron chi connectivity index (χ2n) is 7.33. The van der Waals surface area contributed by atoms with Gasteiger partial charge in [0, 0.05) is 56.1 Å². The first-order chi connectivity index (χ1) is 13.3. The van der Waals surface area contributed by atoms with E-state index < -0.39 is 0 Å². The van der Waals surface area contributed by atoms with Gasteiger partial charge in [0.15, 0.2) is 0 Å². The van der Waals surface area contributed by atoms with Crippen molar-refractivity contribution in [1.29, 1.82) is 0 Å². The fourth-order valence-electron chi connectivity index (χ4n) is 3.82. The molecule has 7 heteroatoms. The minimum atomic E-state index is -0.136. The lowest BCUT2D eigenvalue weighted by Crippen LogP contribution is -2.47. The third-order valence-corrected chi connectivity index (χ3v) is 5.34. The van der Waals surface area contributed by atoms with Crippen molar-refractivity contribution in [3.05, 3.63) is 43.0 Å². The SMILES string of the molecule is O=C(Nc1ccc(-n2ccnc2)cc1)NC1CCN(C[C@@H]2CCCO2)CC1. The fraction of sp³-hybridized carbons (Fsp3) is 0.500. The molecule has 2 fully saturated rings. The largest absolute Gasteiger partial charge is 0.377 e. The van der Waals surface area contributed by atoms with Crippen LogP contribution in [0.25, 0.3) is 5.69 Å². The van der Waals surface area contributed by atoms with E-state index in [1.54, 1.807) is 12.5 Å². The molecular weight excluding hydrogens is 342 g/mol. The molecule has 2 aromatic rings. The predicted molar refractivity (Wildman–Crippen MR) is 104 cm³/mol. The lowest BCUT2D eigenvalue weighted by molar-refractivity contribution is 0.0633. The van der Waals surface area contributed by atoms with Gasteiger partial charge in [-0.1, -0.05) is 0 Å². The molecule has 1 aromatic carbocycles. The first kappa shape index (κ1) is 18.0. The summed E-state index contributed by atoms with van der Waals surface area (Å²) in [6, 6.07) is 7.82. The second-order valence-corrected chi connectivity index (χ2v) is 7.33. The number of likely N-dealkylation sites (tertiary alicyclic amines) is 1. The number of hydrogen-bond acceptors (Lipinski definition) is 4. The zero-order chi connectivity index (χ0) is 18.5. The van der Waals surface area contributed by atoms with Crippen LogP contribution in [0.1, 0.15) is 25.7 Å². The third kappa shape index (κ3) is 4.87. The molecule has 27 heavy (non-hydrogen) atoms. The van der Waals surface area contributed by atoms with Crippen molar-refractivity contribution in [1.82, 2.24) is 19.8 Å². The number of hydrogen-bond donors (Lipinski definition) is 2. The Morgan fingerprint density at radius 1 is 1.19 bits per heavy atom. The molecule has 2 saturated heterocycles. The van der Waals surface area contributed by atoms with Crippen LogP contribution in [0.4, 0.5) is 10.5 Å². The van der Waals surface area contributed by atoms with Gasteiger partial charge in [-0.2, -0.15) is 0 Å². The van der Waals surface area contributed by atoms with Crippen LogP contribution in [0.3, 0.4) is 0 Å². The van der Waals surface area contributed by atoms with Crippen molar-refractivity contribution < 1.29 is 9.53 Å². The molecule has 1 aromatic heterocycles. The molecule has 144 valence electrons. The predicted octanol–water partition coefficient (Wildman–Crippen LogP) is 2.64. The van der Waals surface area contributed by atoms with Crippen LogP contribution in [0, 0.1) is 0 Å². The van der Waals surface area contributed by atoms with E-state index >= 15 is 0 Å². The van der Waals surface area contributed by atoms with Gasteiger partial charge in [0.25, 0.3) is 0 Å². The highest BCUT2D eigenvalue weighted by atomic mass is 16.5. The second kappa shape index (κ2) is 8.54. The van der Waals surface area contributed by atoms with Crippen molar-refractivity contribution in [3.63, 3.8) is 0 Å².